The maximum atomic E-state index is 13.6. The highest BCUT2D eigenvalue weighted by atomic mass is 19.1. The van der Waals surface area contributed by atoms with Gasteiger partial charge in [-0.2, -0.15) is 0 Å². The monoisotopic (exact) mass is 517 g/mol. The van der Waals surface area contributed by atoms with E-state index in [4.69, 9.17) is 0 Å². The first kappa shape index (κ1) is 27.0. The quantitative estimate of drug-likeness (QED) is 0.255. The number of carbonyl (C=O) groups is 2. The van der Waals surface area contributed by atoms with Crippen LogP contribution >= 0.6 is 0 Å². The van der Waals surface area contributed by atoms with E-state index in [2.05, 4.69) is 4.98 Å². The number of aromatic amines is 1. The molecule has 1 N–H and O–H groups in total. The Balaban J connectivity index is 1.50. The van der Waals surface area contributed by atoms with Crippen molar-refractivity contribution in [2.24, 2.45) is 0 Å². The van der Waals surface area contributed by atoms with Gasteiger partial charge in [0.05, 0.1) is 13.0 Å². The first-order valence-corrected chi connectivity index (χ1v) is 13.0. The SMILES string of the molecule is CCCCN(CC(=O)N(CCc1c[nH]c2ccccc12)Cc1ccc(F)cc1)C(=O)Cc1ccc(F)cc1. The van der Waals surface area contributed by atoms with Crippen LogP contribution in [-0.2, 0) is 29.0 Å². The molecule has 198 valence electrons. The first-order chi connectivity index (χ1) is 18.4. The molecule has 1 heterocycles. The van der Waals surface area contributed by atoms with Gasteiger partial charge in [-0.1, -0.05) is 55.8 Å². The maximum Gasteiger partial charge on any atom is 0.242 e. The number of fused-ring (bicyclic) bond motifs is 1. The second-order valence-electron chi connectivity index (χ2n) is 9.52. The molecule has 4 aromatic rings. The van der Waals surface area contributed by atoms with Gasteiger partial charge >= 0.3 is 0 Å². The number of nitrogens with zero attached hydrogens (tertiary/aromatic N) is 2. The predicted molar refractivity (Wildman–Crippen MR) is 145 cm³/mol. The summed E-state index contributed by atoms with van der Waals surface area (Å²) in [6, 6.07) is 20.0. The lowest BCUT2D eigenvalue weighted by Crippen LogP contribution is -2.44. The molecule has 0 saturated carbocycles. The Hall–Kier alpha value is -4.00. The zero-order valence-electron chi connectivity index (χ0n) is 21.6. The lowest BCUT2D eigenvalue weighted by Gasteiger charge is -2.28. The van der Waals surface area contributed by atoms with Gasteiger partial charge in [0.25, 0.3) is 0 Å². The molecule has 2 amide bonds. The minimum atomic E-state index is -0.356. The molecular weight excluding hydrogens is 484 g/mol. The number of rotatable bonds is 12. The second-order valence-corrected chi connectivity index (χ2v) is 9.52. The Kier molecular flexibility index (Phi) is 9.25. The number of para-hydroxylation sites is 1. The van der Waals surface area contributed by atoms with Crippen LogP contribution in [0.15, 0.2) is 79.0 Å². The van der Waals surface area contributed by atoms with Gasteiger partial charge in [-0.05, 0) is 59.9 Å². The molecule has 0 atom stereocenters. The molecule has 1 aromatic heterocycles. The molecule has 38 heavy (non-hydrogen) atoms. The highest BCUT2D eigenvalue weighted by Crippen LogP contribution is 2.19. The predicted octanol–water partition coefficient (Wildman–Crippen LogP) is 5.89. The summed E-state index contributed by atoms with van der Waals surface area (Å²) >= 11 is 0. The Morgan fingerprint density at radius 2 is 1.45 bits per heavy atom. The Morgan fingerprint density at radius 3 is 2.13 bits per heavy atom. The number of nitrogens with one attached hydrogen (secondary N) is 1. The maximum absolute atomic E-state index is 13.6. The third kappa shape index (κ3) is 7.28. The summed E-state index contributed by atoms with van der Waals surface area (Å²) in [5, 5.41) is 1.11. The molecule has 4 rings (SSSR count). The van der Waals surface area contributed by atoms with Gasteiger partial charge in [0.15, 0.2) is 0 Å². The smallest absolute Gasteiger partial charge is 0.242 e. The van der Waals surface area contributed by atoms with Crippen molar-refractivity contribution >= 4 is 22.7 Å². The minimum absolute atomic E-state index is 0.0465. The first-order valence-electron chi connectivity index (χ1n) is 13.0. The third-order valence-corrected chi connectivity index (χ3v) is 6.69. The van der Waals surface area contributed by atoms with Crippen LogP contribution in [0.2, 0.25) is 0 Å². The third-order valence-electron chi connectivity index (χ3n) is 6.69. The summed E-state index contributed by atoms with van der Waals surface area (Å²) in [7, 11) is 0. The van der Waals surface area contributed by atoms with Crippen molar-refractivity contribution in [3.8, 4) is 0 Å². The molecule has 0 fully saturated rings. The molecule has 0 bridgehead atoms. The Bertz CT molecular complexity index is 1350. The van der Waals surface area contributed by atoms with E-state index in [0.717, 1.165) is 34.9 Å². The number of carbonyl (C=O) groups excluding carboxylic acids is 2. The molecule has 0 aliphatic heterocycles. The van der Waals surface area contributed by atoms with Crippen molar-refractivity contribution < 1.29 is 18.4 Å². The fourth-order valence-electron chi connectivity index (χ4n) is 4.49. The van der Waals surface area contributed by atoms with Gasteiger partial charge in [-0.3, -0.25) is 9.59 Å². The standard InChI is InChI=1S/C31H33F2N3O2/c1-2-3-17-35(30(37)19-23-8-12-26(32)13-9-23)22-31(38)36(21-24-10-14-27(33)15-11-24)18-16-25-20-34-29-7-5-4-6-28(25)29/h4-15,20,34H,2-3,16-19,21-22H2,1H3. The zero-order chi connectivity index (χ0) is 26.9. The fraction of sp³-hybridized carbons (Fsp3) is 0.290. The van der Waals surface area contributed by atoms with Crippen LogP contribution in [0.25, 0.3) is 10.9 Å². The number of benzene rings is 3. The summed E-state index contributed by atoms with van der Waals surface area (Å²) in [5.74, 6) is -1.03. The molecule has 7 heteroatoms. The van der Waals surface area contributed by atoms with Crippen LogP contribution < -0.4 is 0 Å². The van der Waals surface area contributed by atoms with Crippen molar-refractivity contribution in [1.82, 2.24) is 14.8 Å². The van der Waals surface area contributed by atoms with E-state index >= 15 is 0 Å². The Labute approximate surface area is 222 Å². The van der Waals surface area contributed by atoms with Crippen LogP contribution in [-0.4, -0.2) is 46.2 Å². The van der Waals surface area contributed by atoms with E-state index in [0.29, 0.717) is 31.6 Å². The number of unbranched alkanes of at least 4 members (excludes halogenated alkanes) is 1. The summed E-state index contributed by atoms with van der Waals surface area (Å²) in [6.45, 7) is 3.22. The largest absolute Gasteiger partial charge is 0.361 e. The number of hydrogen-bond acceptors (Lipinski definition) is 2. The average Bonchev–Trinajstić information content (AvgIpc) is 3.34. The van der Waals surface area contributed by atoms with Crippen molar-refractivity contribution in [1.29, 1.82) is 0 Å². The Morgan fingerprint density at radius 1 is 0.789 bits per heavy atom. The number of aromatic nitrogens is 1. The number of hydrogen-bond donors (Lipinski definition) is 1. The number of halogens is 2. The second kappa shape index (κ2) is 13.0. The van der Waals surface area contributed by atoms with E-state index in [9.17, 15) is 18.4 Å². The molecule has 5 nitrogen and oxygen atoms in total. The highest BCUT2D eigenvalue weighted by molar-refractivity contribution is 5.86. The normalized spacial score (nSPS) is 11.0. The summed E-state index contributed by atoms with van der Waals surface area (Å²) in [5.41, 5.74) is 3.66. The van der Waals surface area contributed by atoms with E-state index in [1.807, 2.05) is 37.4 Å². The van der Waals surface area contributed by atoms with Gasteiger partial charge in [0.1, 0.15) is 11.6 Å². The van der Waals surface area contributed by atoms with Gasteiger partial charge < -0.3 is 14.8 Å². The highest BCUT2D eigenvalue weighted by Gasteiger charge is 2.22. The average molecular weight is 518 g/mol. The molecule has 0 aliphatic rings. The van der Waals surface area contributed by atoms with Crippen LogP contribution in [0.5, 0.6) is 0 Å². The molecular formula is C31H33F2N3O2. The van der Waals surface area contributed by atoms with Gasteiger partial charge in [0, 0.05) is 36.7 Å². The van der Waals surface area contributed by atoms with Gasteiger partial charge in [-0.25, -0.2) is 8.78 Å². The summed E-state index contributed by atoms with van der Waals surface area (Å²) in [4.78, 5) is 33.4. The van der Waals surface area contributed by atoms with Crippen molar-refractivity contribution in [2.75, 3.05) is 19.6 Å². The van der Waals surface area contributed by atoms with Gasteiger partial charge in [0.2, 0.25) is 11.8 Å². The van der Waals surface area contributed by atoms with Crippen molar-refractivity contribution in [3.63, 3.8) is 0 Å². The van der Waals surface area contributed by atoms with E-state index < -0.39 is 0 Å². The van der Waals surface area contributed by atoms with Crippen LogP contribution in [0.4, 0.5) is 8.78 Å². The molecule has 0 unspecified atom stereocenters. The number of H-pyrrole nitrogens is 1. The molecule has 3 aromatic carbocycles. The molecule has 0 aliphatic carbocycles. The van der Waals surface area contributed by atoms with Crippen LogP contribution in [0.3, 0.4) is 0 Å². The molecule has 0 spiro atoms. The lowest BCUT2D eigenvalue weighted by atomic mass is 10.1. The molecule has 0 saturated heterocycles. The lowest BCUT2D eigenvalue weighted by molar-refractivity contribution is -0.140. The molecule has 0 radical (unpaired) electrons. The van der Waals surface area contributed by atoms with Gasteiger partial charge in [-0.15, -0.1) is 0 Å². The van der Waals surface area contributed by atoms with E-state index in [1.54, 1.807) is 34.1 Å². The summed E-state index contributed by atoms with van der Waals surface area (Å²) < 4.78 is 26.8. The van der Waals surface area contributed by atoms with Crippen molar-refractivity contribution in [3.05, 3.63) is 107 Å². The van der Waals surface area contributed by atoms with Crippen LogP contribution in [0, 0.1) is 11.6 Å². The van der Waals surface area contributed by atoms with Crippen molar-refractivity contribution in [2.45, 2.75) is 39.2 Å². The fourth-order valence-corrected chi connectivity index (χ4v) is 4.49. The van der Waals surface area contributed by atoms with E-state index in [1.165, 1.54) is 24.3 Å². The topological polar surface area (TPSA) is 56.4 Å². The number of amides is 2. The zero-order valence-corrected chi connectivity index (χ0v) is 21.6. The van der Waals surface area contributed by atoms with Crippen LogP contribution in [0.1, 0.15) is 36.5 Å². The summed E-state index contributed by atoms with van der Waals surface area (Å²) in [6.07, 6.45) is 4.36. The van der Waals surface area contributed by atoms with E-state index in [-0.39, 0.29) is 36.4 Å². The minimum Gasteiger partial charge on any atom is -0.361 e.